The molecule has 1 amide bonds. The summed E-state index contributed by atoms with van der Waals surface area (Å²) in [5.41, 5.74) is 11.9. The zero-order chi connectivity index (χ0) is 28.3. The Morgan fingerprint density at radius 3 is 2.46 bits per heavy atom. The molecule has 2 aliphatic heterocycles. The Morgan fingerprint density at radius 2 is 1.73 bits per heavy atom. The molecule has 8 heteroatoms. The number of aliphatic hydroxyl groups excluding tert-OH is 1. The van der Waals surface area contributed by atoms with Gasteiger partial charge in [-0.2, -0.15) is 0 Å². The van der Waals surface area contributed by atoms with Crippen LogP contribution in [0.25, 0.3) is 16.8 Å². The zero-order valence-corrected chi connectivity index (χ0v) is 23.0. The maximum atomic E-state index is 14.0. The maximum Gasteiger partial charge on any atom is 0.280 e. The number of rotatable bonds is 8. The van der Waals surface area contributed by atoms with Crippen molar-refractivity contribution in [3.8, 4) is 16.8 Å². The lowest BCUT2D eigenvalue weighted by Crippen LogP contribution is -2.26. The number of nitrogens with two attached hydrogens (primary N) is 1. The first-order chi connectivity index (χ1) is 20.0. The summed E-state index contributed by atoms with van der Waals surface area (Å²) in [6, 6.07) is 25.3. The molecule has 0 spiro atoms. The quantitative estimate of drug-likeness (QED) is 0.299. The normalized spacial score (nSPS) is 17.2. The summed E-state index contributed by atoms with van der Waals surface area (Å²) in [6.07, 6.45) is 4.57. The lowest BCUT2D eigenvalue weighted by atomic mass is 9.99. The van der Waals surface area contributed by atoms with Gasteiger partial charge in [0.05, 0.1) is 11.8 Å². The van der Waals surface area contributed by atoms with E-state index >= 15 is 0 Å². The first-order valence-corrected chi connectivity index (χ1v) is 14.2. The van der Waals surface area contributed by atoms with Crippen LogP contribution in [0.2, 0.25) is 0 Å². The van der Waals surface area contributed by atoms with Crippen molar-refractivity contribution in [1.82, 2.24) is 9.47 Å². The number of hydrogen-bond donors (Lipinski definition) is 3. The molecular weight excluding hydrogens is 514 g/mol. The Morgan fingerprint density at radius 1 is 0.951 bits per heavy atom. The van der Waals surface area contributed by atoms with Crippen LogP contribution in [0.15, 0.2) is 89.9 Å². The SMILES string of the molecule is NC(=O)c1cccc(Nc2c(N3CCCC3)ccn(-c3ccc(-c4ccccc4CN4CCC(O)C4)cc3)c2=O)c1. The molecule has 3 aromatic carbocycles. The highest BCUT2D eigenvalue weighted by Gasteiger charge is 2.22. The van der Waals surface area contributed by atoms with E-state index in [4.69, 9.17) is 5.73 Å². The van der Waals surface area contributed by atoms with E-state index in [1.54, 1.807) is 22.8 Å². The Bertz CT molecular complexity index is 1610. The number of nitrogens with one attached hydrogen (secondary N) is 1. The Balaban J connectivity index is 1.32. The molecule has 2 saturated heterocycles. The molecule has 210 valence electrons. The second kappa shape index (κ2) is 11.6. The molecule has 2 fully saturated rings. The van der Waals surface area contributed by atoms with Crippen molar-refractivity contribution in [3.63, 3.8) is 0 Å². The summed E-state index contributed by atoms with van der Waals surface area (Å²) < 4.78 is 1.65. The van der Waals surface area contributed by atoms with Gasteiger partial charge in [0.2, 0.25) is 5.91 Å². The summed E-state index contributed by atoms with van der Waals surface area (Å²) in [5, 5.41) is 13.2. The first kappa shape index (κ1) is 26.8. The number of benzene rings is 3. The van der Waals surface area contributed by atoms with Crippen molar-refractivity contribution < 1.29 is 9.90 Å². The Kier molecular flexibility index (Phi) is 7.59. The number of nitrogens with zero attached hydrogens (tertiary/aromatic N) is 3. The summed E-state index contributed by atoms with van der Waals surface area (Å²) in [5.74, 6) is -0.515. The van der Waals surface area contributed by atoms with Gasteiger partial charge in [0.25, 0.3) is 5.56 Å². The number of aliphatic hydroxyl groups is 1. The van der Waals surface area contributed by atoms with Crippen molar-refractivity contribution in [3.05, 3.63) is 107 Å². The largest absolute Gasteiger partial charge is 0.392 e. The van der Waals surface area contributed by atoms with Gasteiger partial charge < -0.3 is 21.1 Å². The minimum atomic E-state index is -0.515. The molecule has 3 heterocycles. The number of anilines is 3. The standard InChI is InChI=1S/C33H35N5O3/c34-32(40)24-7-5-8-26(20-24)35-31-30(37-16-3-4-17-37)15-19-38(33(31)41)27-12-10-23(11-13-27)29-9-2-1-6-25(29)21-36-18-14-28(39)22-36/h1-2,5-13,15,19-20,28,35,39H,3-4,14,16-18,21-22H2,(H2,34,40). The summed E-state index contributed by atoms with van der Waals surface area (Å²) >= 11 is 0. The molecule has 4 N–H and O–H groups in total. The van der Waals surface area contributed by atoms with Crippen molar-refractivity contribution in [2.45, 2.75) is 31.9 Å². The highest BCUT2D eigenvalue weighted by atomic mass is 16.3. The van der Waals surface area contributed by atoms with E-state index in [0.29, 0.717) is 23.5 Å². The van der Waals surface area contributed by atoms with E-state index in [-0.39, 0.29) is 11.7 Å². The van der Waals surface area contributed by atoms with Gasteiger partial charge in [0, 0.05) is 55.9 Å². The molecule has 0 saturated carbocycles. The van der Waals surface area contributed by atoms with Gasteiger partial charge in [-0.3, -0.25) is 19.1 Å². The monoisotopic (exact) mass is 549 g/mol. The number of β-amino-alcohol motifs (C(OH)–C–C–N with tert-alkyl or cyclic N) is 1. The van der Waals surface area contributed by atoms with Gasteiger partial charge in [-0.1, -0.05) is 42.5 Å². The molecule has 1 atom stereocenters. The average Bonchev–Trinajstić information content (AvgIpc) is 3.67. The highest BCUT2D eigenvalue weighted by molar-refractivity contribution is 5.94. The number of likely N-dealkylation sites (tertiary alicyclic amines) is 1. The summed E-state index contributed by atoms with van der Waals surface area (Å²) in [4.78, 5) is 30.2. The number of carbonyl (C=O) groups is 1. The fraction of sp³-hybridized carbons (Fsp3) is 0.273. The predicted molar refractivity (Wildman–Crippen MR) is 163 cm³/mol. The third kappa shape index (κ3) is 5.75. The first-order valence-electron chi connectivity index (χ1n) is 14.2. The minimum absolute atomic E-state index is 0.167. The van der Waals surface area contributed by atoms with E-state index in [1.807, 2.05) is 36.5 Å². The van der Waals surface area contributed by atoms with Crippen LogP contribution in [0, 0.1) is 0 Å². The third-order valence-electron chi connectivity index (χ3n) is 8.05. The lowest BCUT2D eigenvalue weighted by molar-refractivity contribution is 0.100. The highest BCUT2D eigenvalue weighted by Crippen LogP contribution is 2.31. The minimum Gasteiger partial charge on any atom is -0.392 e. The zero-order valence-electron chi connectivity index (χ0n) is 23.0. The van der Waals surface area contributed by atoms with Gasteiger partial charge in [-0.05, 0) is 72.4 Å². The van der Waals surface area contributed by atoms with Gasteiger partial charge in [0.15, 0.2) is 0 Å². The smallest absolute Gasteiger partial charge is 0.280 e. The van der Waals surface area contributed by atoms with Gasteiger partial charge in [0.1, 0.15) is 5.69 Å². The van der Waals surface area contributed by atoms with Crippen LogP contribution in [0.3, 0.4) is 0 Å². The number of pyridine rings is 1. The molecule has 0 bridgehead atoms. The Hall–Kier alpha value is -4.40. The van der Waals surface area contributed by atoms with Crippen molar-refractivity contribution >= 4 is 23.0 Å². The van der Waals surface area contributed by atoms with Crippen LogP contribution in [0.1, 0.15) is 35.2 Å². The molecule has 0 radical (unpaired) electrons. The fourth-order valence-corrected chi connectivity index (χ4v) is 5.90. The predicted octanol–water partition coefficient (Wildman–Crippen LogP) is 4.51. The van der Waals surface area contributed by atoms with Crippen LogP contribution in [-0.2, 0) is 6.54 Å². The molecule has 0 aliphatic carbocycles. The van der Waals surface area contributed by atoms with E-state index in [0.717, 1.165) is 67.9 Å². The Labute approximate surface area is 239 Å². The van der Waals surface area contributed by atoms with Crippen LogP contribution < -0.4 is 21.5 Å². The van der Waals surface area contributed by atoms with Gasteiger partial charge in [-0.25, -0.2) is 0 Å². The number of aromatic nitrogens is 1. The number of primary amides is 1. The maximum absolute atomic E-state index is 14.0. The second-order valence-corrected chi connectivity index (χ2v) is 10.9. The fourth-order valence-electron chi connectivity index (χ4n) is 5.90. The molecule has 4 aromatic rings. The van der Waals surface area contributed by atoms with E-state index < -0.39 is 5.91 Å². The molecule has 41 heavy (non-hydrogen) atoms. The van der Waals surface area contributed by atoms with Crippen molar-refractivity contribution in [1.29, 1.82) is 0 Å². The third-order valence-corrected chi connectivity index (χ3v) is 8.05. The molecular formula is C33H35N5O3. The summed E-state index contributed by atoms with van der Waals surface area (Å²) in [6.45, 7) is 4.17. The van der Waals surface area contributed by atoms with Gasteiger partial charge in [-0.15, -0.1) is 0 Å². The van der Waals surface area contributed by atoms with E-state index in [9.17, 15) is 14.7 Å². The van der Waals surface area contributed by atoms with Crippen LogP contribution in [0.5, 0.6) is 0 Å². The van der Waals surface area contributed by atoms with Gasteiger partial charge >= 0.3 is 0 Å². The number of amides is 1. The average molecular weight is 550 g/mol. The molecule has 1 aromatic heterocycles. The van der Waals surface area contributed by atoms with Crippen LogP contribution in [-0.4, -0.2) is 52.8 Å². The topological polar surface area (TPSA) is 104 Å². The summed E-state index contributed by atoms with van der Waals surface area (Å²) in [7, 11) is 0. The van der Waals surface area contributed by atoms with Crippen LogP contribution >= 0.6 is 0 Å². The molecule has 6 rings (SSSR count). The number of carbonyl (C=O) groups excluding carboxylic acids is 1. The molecule has 1 unspecified atom stereocenters. The van der Waals surface area contributed by atoms with E-state index in [1.165, 1.54) is 5.56 Å². The van der Waals surface area contributed by atoms with Crippen molar-refractivity contribution in [2.75, 3.05) is 36.4 Å². The van der Waals surface area contributed by atoms with Crippen LogP contribution in [0.4, 0.5) is 17.1 Å². The molecule has 8 nitrogen and oxygen atoms in total. The second-order valence-electron chi connectivity index (χ2n) is 10.9. The van der Waals surface area contributed by atoms with Crippen molar-refractivity contribution in [2.24, 2.45) is 5.73 Å². The molecule has 2 aliphatic rings. The number of hydrogen-bond acceptors (Lipinski definition) is 6. The van der Waals surface area contributed by atoms with E-state index in [2.05, 4.69) is 45.4 Å². The lowest BCUT2D eigenvalue weighted by Gasteiger charge is -2.23.